The first-order chi connectivity index (χ1) is 9.19. The largest absolute Gasteiger partial charge is 0.489 e. The number of rotatable bonds is 6. The first-order valence-electron chi connectivity index (χ1n) is 6.06. The molecule has 2 rings (SSSR count). The van der Waals surface area contributed by atoms with Gasteiger partial charge in [-0.15, -0.1) is 0 Å². The lowest BCUT2D eigenvalue weighted by atomic mass is 10.1. The molecule has 104 valence electrons. The summed E-state index contributed by atoms with van der Waals surface area (Å²) in [5.41, 5.74) is 0.990. The van der Waals surface area contributed by atoms with Crippen LogP contribution in [0.2, 0.25) is 5.02 Å². The van der Waals surface area contributed by atoms with Crippen LogP contribution in [0.3, 0.4) is 0 Å². The average molecular weight is 286 g/mol. The minimum atomic E-state index is -0.435. The monoisotopic (exact) mass is 285 g/mol. The second kappa shape index (κ2) is 6.63. The highest BCUT2D eigenvalue weighted by Gasteiger charge is 2.23. The van der Waals surface area contributed by atoms with Gasteiger partial charge in [-0.2, -0.15) is 0 Å². The Morgan fingerprint density at radius 3 is 3.00 bits per heavy atom. The summed E-state index contributed by atoms with van der Waals surface area (Å²) >= 11 is 6.12. The van der Waals surface area contributed by atoms with E-state index in [2.05, 4.69) is 5.32 Å². The van der Waals surface area contributed by atoms with E-state index in [9.17, 15) is 4.79 Å². The van der Waals surface area contributed by atoms with Gasteiger partial charge in [0.05, 0.1) is 18.2 Å². The Balaban J connectivity index is 1.81. The van der Waals surface area contributed by atoms with Gasteiger partial charge in [-0.25, -0.2) is 4.79 Å². The number of hydrogen-bond acceptors (Lipinski definition) is 4. The summed E-state index contributed by atoms with van der Waals surface area (Å²) in [6, 6.07) is 5.54. The van der Waals surface area contributed by atoms with Gasteiger partial charge in [0.25, 0.3) is 0 Å². The third kappa shape index (κ3) is 4.61. The normalized spacial score (nSPS) is 16.8. The van der Waals surface area contributed by atoms with Crippen molar-refractivity contribution in [3.8, 4) is 5.75 Å². The van der Waals surface area contributed by atoms with Crippen LogP contribution < -0.4 is 10.1 Å². The fourth-order valence-electron chi connectivity index (χ4n) is 1.50. The molecule has 1 N–H and O–H groups in total. The lowest BCUT2D eigenvalue weighted by molar-refractivity contribution is 0.150. The van der Waals surface area contributed by atoms with Gasteiger partial charge in [0.2, 0.25) is 0 Å². The van der Waals surface area contributed by atoms with Gasteiger partial charge in [-0.3, -0.25) is 0 Å². The van der Waals surface area contributed by atoms with Crippen LogP contribution in [-0.2, 0) is 15.9 Å². The second-order valence-electron chi connectivity index (χ2n) is 4.17. The molecule has 0 aliphatic carbocycles. The molecule has 0 bridgehead atoms. The van der Waals surface area contributed by atoms with Crippen molar-refractivity contribution >= 4 is 17.7 Å². The van der Waals surface area contributed by atoms with Crippen molar-refractivity contribution in [2.75, 3.05) is 26.9 Å². The molecule has 5 nitrogen and oxygen atoms in total. The molecular formula is C13H16ClNO4. The molecule has 1 atom stereocenters. The molecule has 0 aromatic heterocycles. The number of carbonyl (C=O) groups excluding carboxylic acids is 1. The van der Waals surface area contributed by atoms with E-state index in [0.29, 0.717) is 30.4 Å². The zero-order chi connectivity index (χ0) is 13.7. The Morgan fingerprint density at radius 2 is 2.37 bits per heavy atom. The molecule has 1 aliphatic heterocycles. The third-order valence-electron chi connectivity index (χ3n) is 2.65. The lowest BCUT2D eigenvalue weighted by Crippen LogP contribution is -2.20. The maximum absolute atomic E-state index is 10.9. The third-order valence-corrected chi connectivity index (χ3v) is 2.95. The summed E-state index contributed by atoms with van der Waals surface area (Å²) in [5, 5.41) is 2.94. The Labute approximate surface area is 116 Å². The van der Waals surface area contributed by atoms with E-state index in [4.69, 9.17) is 25.8 Å². The van der Waals surface area contributed by atoms with Crippen LogP contribution in [0.4, 0.5) is 4.79 Å². The number of nitrogens with one attached hydrogen (secondary N) is 1. The van der Waals surface area contributed by atoms with Crippen LogP contribution in [-0.4, -0.2) is 39.1 Å². The predicted octanol–water partition coefficient (Wildman–Crippen LogP) is 2.02. The number of amides is 1. The highest BCUT2D eigenvalue weighted by atomic mass is 35.5. The van der Waals surface area contributed by atoms with E-state index >= 15 is 0 Å². The summed E-state index contributed by atoms with van der Waals surface area (Å²) in [6.07, 6.45) is 0.381. The zero-order valence-corrected chi connectivity index (χ0v) is 11.4. The Bertz CT molecular complexity index is 448. The van der Waals surface area contributed by atoms with Gasteiger partial charge in [0.15, 0.2) is 0 Å². The van der Waals surface area contributed by atoms with Crippen molar-refractivity contribution in [2.24, 2.45) is 0 Å². The molecule has 1 aromatic rings. The van der Waals surface area contributed by atoms with Crippen LogP contribution in [0, 0.1) is 0 Å². The average Bonchev–Trinajstić information content (AvgIpc) is 3.21. The molecule has 0 radical (unpaired) electrons. The molecule has 19 heavy (non-hydrogen) atoms. The van der Waals surface area contributed by atoms with Gasteiger partial charge in [0.1, 0.15) is 18.5 Å². The molecule has 1 unspecified atom stereocenters. The minimum Gasteiger partial charge on any atom is -0.489 e. The first kappa shape index (κ1) is 14.0. The predicted molar refractivity (Wildman–Crippen MR) is 70.8 cm³/mol. The Morgan fingerprint density at radius 1 is 1.58 bits per heavy atom. The summed E-state index contributed by atoms with van der Waals surface area (Å²) < 4.78 is 15.5. The Hall–Kier alpha value is -1.46. The number of hydrogen-bond donors (Lipinski definition) is 1. The molecule has 0 spiro atoms. The van der Waals surface area contributed by atoms with E-state index in [-0.39, 0.29) is 6.10 Å². The topological polar surface area (TPSA) is 60.1 Å². The molecule has 6 heteroatoms. The standard InChI is InChI=1S/C13H16ClNO4/c1-15-13(16)17-5-4-9-2-3-12(11(14)6-9)19-8-10-7-18-10/h2-3,6,10H,4-5,7-8H2,1H3,(H,15,16). The number of ether oxygens (including phenoxy) is 3. The van der Waals surface area contributed by atoms with E-state index in [0.717, 1.165) is 12.2 Å². The summed E-state index contributed by atoms with van der Waals surface area (Å²) in [4.78, 5) is 10.9. The molecule has 1 fully saturated rings. The van der Waals surface area contributed by atoms with Crippen molar-refractivity contribution in [3.05, 3.63) is 28.8 Å². The van der Waals surface area contributed by atoms with Crippen LogP contribution in [0.5, 0.6) is 5.75 Å². The van der Waals surface area contributed by atoms with Crippen LogP contribution in [0.15, 0.2) is 18.2 Å². The van der Waals surface area contributed by atoms with Gasteiger partial charge in [-0.05, 0) is 17.7 Å². The zero-order valence-electron chi connectivity index (χ0n) is 10.6. The first-order valence-corrected chi connectivity index (χ1v) is 6.44. The SMILES string of the molecule is CNC(=O)OCCc1ccc(OCC2CO2)c(Cl)c1. The molecule has 1 aromatic carbocycles. The summed E-state index contributed by atoms with van der Waals surface area (Å²) in [7, 11) is 1.52. The molecule has 1 saturated heterocycles. The van der Waals surface area contributed by atoms with Gasteiger partial charge >= 0.3 is 6.09 Å². The maximum Gasteiger partial charge on any atom is 0.406 e. The second-order valence-corrected chi connectivity index (χ2v) is 4.57. The van der Waals surface area contributed by atoms with Crippen LogP contribution >= 0.6 is 11.6 Å². The maximum atomic E-state index is 10.9. The Kier molecular flexibility index (Phi) is 4.87. The van der Waals surface area contributed by atoms with Crippen LogP contribution in [0.25, 0.3) is 0 Å². The highest BCUT2D eigenvalue weighted by Crippen LogP contribution is 2.26. The molecule has 1 aliphatic rings. The van der Waals surface area contributed by atoms with E-state index in [1.54, 1.807) is 0 Å². The highest BCUT2D eigenvalue weighted by molar-refractivity contribution is 6.32. The fourth-order valence-corrected chi connectivity index (χ4v) is 1.76. The molecule has 0 saturated carbocycles. The number of benzene rings is 1. The smallest absolute Gasteiger partial charge is 0.406 e. The van der Waals surface area contributed by atoms with E-state index in [1.165, 1.54) is 7.05 Å². The van der Waals surface area contributed by atoms with Gasteiger partial charge in [0, 0.05) is 13.5 Å². The number of epoxide rings is 1. The van der Waals surface area contributed by atoms with Crippen molar-refractivity contribution in [2.45, 2.75) is 12.5 Å². The van der Waals surface area contributed by atoms with Crippen LogP contribution in [0.1, 0.15) is 5.56 Å². The quantitative estimate of drug-likeness (QED) is 0.812. The van der Waals surface area contributed by atoms with Crippen molar-refractivity contribution < 1.29 is 19.0 Å². The van der Waals surface area contributed by atoms with E-state index < -0.39 is 6.09 Å². The molecule has 1 heterocycles. The number of halogens is 1. The van der Waals surface area contributed by atoms with Crippen molar-refractivity contribution in [1.29, 1.82) is 0 Å². The molecular weight excluding hydrogens is 270 g/mol. The van der Waals surface area contributed by atoms with Gasteiger partial charge < -0.3 is 19.5 Å². The van der Waals surface area contributed by atoms with Gasteiger partial charge in [-0.1, -0.05) is 17.7 Å². The van der Waals surface area contributed by atoms with Crippen molar-refractivity contribution in [3.63, 3.8) is 0 Å². The minimum absolute atomic E-state index is 0.205. The fraction of sp³-hybridized carbons (Fsp3) is 0.462. The number of alkyl carbamates (subject to hydrolysis) is 1. The number of carbonyl (C=O) groups is 1. The summed E-state index contributed by atoms with van der Waals surface area (Å²) in [5.74, 6) is 0.646. The molecule has 1 amide bonds. The summed E-state index contributed by atoms with van der Waals surface area (Å²) in [6.45, 7) is 1.59. The van der Waals surface area contributed by atoms with Crippen molar-refractivity contribution in [1.82, 2.24) is 5.32 Å². The lowest BCUT2D eigenvalue weighted by Gasteiger charge is -2.09. The van der Waals surface area contributed by atoms with E-state index in [1.807, 2.05) is 18.2 Å².